The molecular formula is C17H8F6N2O. The lowest BCUT2D eigenvalue weighted by molar-refractivity contribution is -0.144. The molecule has 0 saturated heterocycles. The summed E-state index contributed by atoms with van der Waals surface area (Å²) in [6.45, 7) is 0. The van der Waals surface area contributed by atoms with Gasteiger partial charge in [-0.25, -0.2) is 9.97 Å². The third-order valence-electron chi connectivity index (χ3n) is 3.54. The molecule has 0 aliphatic heterocycles. The van der Waals surface area contributed by atoms with Crippen LogP contribution in [0.3, 0.4) is 0 Å². The van der Waals surface area contributed by atoms with Gasteiger partial charge in [0.15, 0.2) is 5.65 Å². The van der Waals surface area contributed by atoms with E-state index in [9.17, 15) is 31.1 Å². The Morgan fingerprint density at radius 1 is 0.808 bits per heavy atom. The number of nitrogens with zero attached hydrogens (tertiary/aromatic N) is 2. The Balaban J connectivity index is 2.22. The lowest BCUT2D eigenvalue weighted by Crippen LogP contribution is -2.15. The van der Waals surface area contributed by atoms with E-state index in [1.807, 2.05) is 0 Å². The van der Waals surface area contributed by atoms with Gasteiger partial charge in [0.05, 0.1) is 5.56 Å². The minimum atomic E-state index is -5.09. The molecule has 2 heterocycles. The van der Waals surface area contributed by atoms with Crippen molar-refractivity contribution in [1.82, 2.24) is 9.97 Å². The minimum absolute atomic E-state index is 0.0668. The minimum Gasteiger partial charge on any atom is -0.287 e. The number of rotatable bonds is 2. The van der Waals surface area contributed by atoms with Crippen LogP contribution in [-0.2, 0) is 12.4 Å². The first-order valence-electron chi connectivity index (χ1n) is 7.13. The van der Waals surface area contributed by atoms with Crippen LogP contribution in [0, 0.1) is 0 Å². The van der Waals surface area contributed by atoms with Gasteiger partial charge in [0, 0.05) is 10.9 Å². The molecule has 26 heavy (non-hydrogen) atoms. The van der Waals surface area contributed by atoms with Crippen molar-refractivity contribution in [3.05, 3.63) is 71.0 Å². The van der Waals surface area contributed by atoms with Gasteiger partial charge in [-0.2, -0.15) is 26.3 Å². The number of alkyl halides is 6. The summed E-state index contributed by atoms with van der Waals surface area (Å²) in [5.74, 6) is -0.639. The van der Waals surface area contributed by atoms with Crippen LogP contribution < -0.4 is 0 Å². The summed E-state index contributed by atoms with van der Waals surface area (Å²) in [7, 11) is 0. The summed E-state index contributed by atoms with van der Waals surface area (Å²) in [4.78, 5) is 19.1. The zero-order chi connectivity index (χ0) is 19.1. The van der Waals surface area contributed by atoms with Crippen molar-refractivity contribution in [1.29, 1.82) is 0 Å². The molecule has 0 saturated carbocycles. The molecule has 0 spiro atoms. The number of hydrogen-bond acceptors (Lipinski definition) is 3. The fraction of sp³-hybridized carbons (Fsp3) is 0.118. The maximum absolute atomic E-state index is 13.1. The average Bonchev–Trinajstić information content (AvgIpc) is 2.58. The highest BCUT2D eigenvalue weighted by molar-refractivity contribution is 6.08. The zero-order valence-electron chi connectivity index (χ0n) is 12.7. The van der Waals surface area contributed by atoms with E-state index in [0.29, 0.717) is 0 Å². The molecule has 0 radical (unpaired) electrons. The van der Waals surface area contributed by atoms with Crippen molar-refractivity contribution in [3.63, 3.8) is 0 Å². The van der Waals surface area contributed by atoms with Gasteiger partial charge in [0.1, 0.15) is 11.4 Å². The quantitative estimate of drug-likeness (QED) is 0.476. The Hall–Kier alpha value is -2.97. The summed E-state index contributed by atoms with van der Waals surface area (Å²) in [6, 6.07) is 9.55. The van der Waals surface area contributed by atoms with Crippen LogP contribution in [0.25, 0.3) is 11.0 Å². The monoisotopic (exact) mass is 370 g/mol. The third-order valence-corrected chi connectivity index (χ3v) is 3.54. The van der Waals surface area contributed by atoms with Crippen LogP contribution in [0.5, 0.6) is 0 Å². The van der Waals surface area contributed by atoms with Gasteiger partial charge < -0.3 is 0 Å². The van der Waals surface area contributed by atoms with Gasteiger partial charge in [-0.1, -0.05) is 30.3 Å². The molecule has 1 aromatic carbocycles. The number of carbonyl (C=O) groups excluding carboxylic acids is 1. The second-order valence-electron chi connectivity index (χ2n) is 5.31. The second-order valence-corrected chi connectivity index (χ2v) is 5.31. The highest BCUT2D eigenvalue weighted by Gasteiger charge is 2.39. The van der Waals surface area contributed by atoms with Crippen molar-refractivity contribution in [3.8, 4) is 0 Å². The molecule has 0 fully saturated rings. The Kier molecular flexibility index (Phi) is 4.17. The summed E-state index contributed by atoms with van der Waals surface area (Å²) < 4.78 is 78.0. The Bertz CT molecular complexity index is 980. The Morgan fingerprint density at radius 2 is 1.46 bits per heavy atom. The summed E-state index contributed by atoms with van der Waals surface area (Å²) in [5, 5.41) is -0.616. The molecule has 9 heteroatoms. The molecule has 134 valence electrons. The highest BCUT2D eigenvalue weighted by Crippen LogP contribution is 2.38. The molecule has 0 amide bonds. The summed E-state index contributed by atoms with van der Waals surface area (Å²) in [5.41, 5.74) is -4.14. The second kappa shape index (κ2) is 6.08. The van der Waals surface area contributed by atoms with Crippen LogP contribution in [0.1, 0.15) is 27.3 Å². The maximum atomic E-state index is 13.1. The molecule has 2 aromatic heterocycles. The standard InChI is InChI=1S/C17H8F6N2O/c18-16(19,20)11-8-13(17(21,22)23)25-15-10(11)6-7-12(24-15)14(26)9-4-2-1-3-5-9/h1-8H. The van der Waals surface area contributed by atoms with Gasteiger partial charge in [-0.3, -0.25) is 4.79 Å². The van der Waals surface area contributed by atoms with Gasteiger partial charge in [0.25, 0.3) is 0 Å². The van der Waals surface area contributed by atoms with E-state index in [2.05, 4.69) is 9.97 Å². The number of carbonyl (C=O) groups is 1. The number of hydrogen-bond donors (Lipinski definition) is 0. The van der Waals surface area contributed by atoms with Gasteiger partial charge >= 0.3 is 12.4 Å². The van der Waals surface area contributed by atoms with Crippen LogP contribution in [0.4, 0.5) is 26.3 Å². The van der Waals surface area contributed by atoms with Crippen molar-refractivity contribution >= 4 is 16.8 Å². The Morgan fingerprint density at radius 3 is 2.04 bits per heavy atom. The van der Waals surface area contributed by atoms with Gasteiger partial charge in [0.2, 0.25) is 5.78 Å². The normalized spacial score (nSPS) is 12.4. The number of benzene rings is 1. The van der Waals surface area contributed by atoms with E-state index >= 15 is 0 Å². The first kappa shape index (κ1) is 17.8. The predicted molar refractivity (Wildman–Crippen MR) is 79.4 cm³/mol. The fourth-order valence-electron chi connectivity index (χ4n) is 2.35. The summed E-state index contributed by atoms with van der Waals surface area (Å²) >= 11 is 0. The zero-order valence-corrected chi connectivity index (χ0v) is 12.7. The van der Waals surface area contributed by atoms with Crippen LogP contribution in [0.15, 0.2) is 48.5 Å². The molecule has 0 bridgehead atoms. The van der Waals surface area contributed by atoms with Crippen molar-refractivity contribution < 1.29 is 31.1 Å². The third kappa shape index (κ3) is 3.37. The lowest BCUT2D eigenvalue weighted by atomic mass is 10.1. The van der Waals surface area contributed by atoms with Crippen LogP contribution in [0.2, 0.25) is 0 Å². The van der Waals surface area contributed by atoms with Gasteiger partial charge in [-0.15, -0.1) is 0 Å². The van der Waals surface area contributed by atoms with Crippen molar-refractivity contribution in [2.45, 2.75) is 12.4 Å². The highest BCUT2D eigenvalue weighted by atomic mass is 19.4. The summed E-state index contributed by atoms with van der Waals surface area (Å²) in [6.07, 6.45) is -10.1. The largest absolute Gasteiger partial charge is 0.433 e. The first-order valence-corrected chi connectivity index (χ1v) is 7.13. The first-order chi connectivity index (χ1) is 12.1. The van der Waals surface area contributed by atoms with Crippen LogP contribution >= 0.6 is 0 Å². The lowest BCUT2D eigenvalue weighted by Gasteiger charge is -2.14. The molecule has 3 aromatic rings. The molecular weight excluding hydrogens is 362 g/mol. The topological polar surface area (TPSA) is 42.9 Å². The van der Waals surface area contributed by atoms with Crippen LogP contribution in [-0.4, -0.2) is 15.8 Å². The smallest absolute Gasteiger partial charge is 0.287 e. The number of pyridine rings is 2. The maximum Gasteiger partial charge on any atom is 0.433 e. The number of fused-ring (bicyclic) bond motifs is 1. The van der Waals surface area contributed by atoms with Crippen molar-refractivity contribution in [2.24, 2.45) is 0 Å². The van der Waals surface area contributed by atoms with Gasteiger partial charge in [-0.05, 0) is 18.2 Å². The molecule has 0 N–H and O–H groups in total. The molecule has 3 rings (SSSR count). The van der Waals surface area contributed by atoms with E-state index in [1.54, 1.807) is 18.2 Å². The molecule has 3 nitrogen and oxygen atoms in total. The molecule has 0 aliphatic carbocycles. The Labute approximate surface area is 142 Å². The van der Waals surface area contributed by atoms with E-state index in [4.69, 9.17) is 0 Å². The average molecular weight is 370 g/mol. The van der Waals surface area contributed by atoms with E-state index < -0.39 is 40.4 Å². The number of ketones is 1. The predicted octanol–water partition coefficient (Wildman–Crippen LogP) is 4.90. The molecule has 0 unspecified atom stereocenters. The van der Waals surface area contributed by atoms with E-state index in [-0.39, 0.29) is 17.3 Å². The molecule has 0 atom stereocenters. The van der Waals surface area contributed by atoms with E-state index in [0.717, 1.165) is 12.1 Å². The number of aromatic nitrogens is 2. The van der Waals surface area contributed by atoms with Crippen molar-refractivity contribution in [2.75, 3.05) is 0 Å². The number of halogens is 6. The molecule has 0 aliphatic rings. The fourth-order valence-corrected chi connectivity index (χ4v) is 2.35. The van der Waals surface area contributed by atoms with E-state index in [1.165, 1.54) is 12.1 Å². The SMILES string of the molecule is O=C(c1ccccc1)c1ccc2c(C(F)(F)F)cc(C(F)(F)F)nc2n1.